The molecule has 4 nitrogen and oxygen atoms in total. The van der Waals surface area contributed by atoms with Crippen LogP contribution >= 0.6 is 11.8 Å². The number of H-pyrrole nitrogens is 1. The van der Waals surface area contributed by atoms with Gasteiger partial charge in [-0.2, -0.15) is 0 Å². The number of hydrogen-bond acceptors (Lipinski definition) is 3. The van der Waals surface area contributed by atoms with Gasteiger partial charge >= 0.3 is 0 Å². The third-order valence-corrected chi connectivity index (χ3v) is 6.41. The quantitative estimate of drug-likeness (QED) is 0.249. The van der Waals surface area contributed by atoms with E-state index in [1.165, 1.54) is 23.9 Å². The van der Waals surface area contributed by atoms with E-state index in [0.717, 1.165) is 22.8 Å². The van der Waals surface area contributed by atoms with E-state index < -0.39 is 11.6 Å². The minimum Gasteiger partial charge on any atom is -0.355 e. The number of aromatic nitrogens is 3. The molecule has 1 N–H and O–H groups in total. The summed E-state index contributed by atoms with van der Waals surface area (Å²) in [6, 6.07) is 21.1. The van der Waals surface area contributed by atoms with Gasteiger partial charge in [-0.1, -0.05) is 65.9 Å². The Kier molecular flexibility index (Phi) is 5.56. The first-order valence-electron chi connectivity index (χ1n) is 10.3. The Morgan fingerprint density at radius 2 is 1.73 bits per heavy atom. The largest absolute Gasteiger partial charge is 0.355 e. The van der Waals surface area contributed by atoms with Gasteiger partial charge in [0, 0.05) is 17.5 Å². The van der Waals surface area contributed by atoms with E-state index in [9.17, 15) is 13.6 Å². The van der Waals surface area contributed by atoms with Crippen LogP contribution < -0.4 is 5.56 Å². The lowest BCUT2D eigenvalue weighted by atomic mass is 10.1. The molecule has 0 atom stereocenters. The third kappa shape index (κ3) is 4.07. The summed E-state index contributed by atoms with van der Waals surface area (Å²) in [5.41, 5.74) is 4.88. The molecule has 5 aromatic rings. The highest BCUT2D eigenvalue weighted by molar-refractivity contribution is 7.98. The molecule has 0 saturated carbocycles. The van der Waals surface area contributed by atoms with E-state index in [1.54, 1.807) is 10.8 Å². The van der Waals surface area contributed by atoms with Crippen molar-refractivity contribution in [1.82, 2.24) is 14.5 Å². The second-order valence-corrected chi connectivity index (χ2v) is 8.64. The Bertz CT molecular complexity index is 1510. The van der Waals surface area contributed by atoms with Gasteiger partial charge in [-0.05, 0) is 42.3 Å². The number of rotatable bonds is 5. The van der Waals surface area contributed by atoms with Crippen molar-refractivity contribution in [1.29, 1.82) is 0 Å². The summed E-state index contributed by atoms with van der Waals surface area (Å²) >= 11 is 1.30. The SMILES string of the molecule is Cc1ccc(-n2c(SCc3ccc(F)c(F)c3)nc3c(-c4ccccc4)c[nH]c3c2=O)cc1. The van der Waals surface area contributed by atoms with Crippen LogP contribution in [0.15, 0.2) is 88.9 Å². The fourth-order valence-electron chi connectivity index (χ4n) is 3.67. The van der Waals surface area contributed by atoms with Gasteiger partial charge in [-0.3, -0.25) is 9.36 Å². The first-order chi connectivity index (χ1) is 16.0. The first-order valence-corrected chi connectivity index (χ1v) is 11.3. The average Bonchev–Trinajstić information content (AvgIpc) is 3.26. The maximum absolute atomic E-state index is 13.7. The number of hydrogen-bond donors (Lipinski definition) is 1. The summed E-state index contributed by atoms with van der Waals surface area (Å²) in [7, 11) is 0. The number of aryl methyl sites for hydroxylation is 1. The van der Waals surface area contributed by atoms with Gasteiger partial charge in [-0.15, -0.1) is 0 Å². The number of aromatic amines is 1. The third-order valence-electron chi connectivity index (χ3n) is 5.40. The molecule has 2 heterocycles. The van der Waals surface area contributed by atoms with Crippen LogP contribution in [-0.4, -0.2) is 14.5 Å². The molecule has 0 amide bonds. The van der Waals surface area contributed by atoms with E-state index in [0.29, 0.717) is 33.2 Å². The van der Waals surface area contributed by atoms with Crippen LogP contribution in [0.25, 0.3) is 27.8 Å². The van der Waals surface area contributed by atoms with Crippen LogP contribution in [0.2, 0.25) is 0 Å². The van der Waals surface area contributed by atoms with Gasteiger partial charge in [0.05, 0.1) is 5.69 Å². The summed E-state index contributed by atoms with van der Waals surface area (Å²) in [6.07, 6.45) is 1.79. The summed E-state index contributed by atoms with van der Waals surface area (Å²) in [5, 5.41) is 0.470. The van der Waals surface area contributed by atoms with Gasteiger partial charge < -0.3 is 4.98 Å². The fraction of sp³-hybridized carbons (Fsp3) is 0.0769. The highest BCUT2D eigenvalue weighted by Gasteiger charge is 2.18. The molecule has 33 heavy (non-hydrogen) atoms. The molecule has 3 aromatic carbocycles. The molecule has 0 fully saturated rings. The second kappa shape index (κ2) is 8.67. The normalized spacial score (nSPS) is 11.2. The molecule has 164 valence electrons. The molecule has 2 aromatic heterocycles. The van der Waals surface area contributed by atoms with E-state index in [4.69, 9.17) is 4.98 Å². The molecule has 0 aliphatic carbocycles. The maximum Gasteiger partial charge on any atom is 0.283 e. The number of nitrogens with one attached hydrogen (secondary N) is 1. The number of benzene rings is 3. The van der Waals surface area contributed by atoms with Gasteiger partial charge in [0.25, 0.3) is 5.56 Å². The molecule has 0 radical (unpaired) electrons. The smallest absolute Gasteiger partial charge is 0.283 e. The standard InChI is InChI=1S/C26H19F2N3OS/c1-16-7-10-19(11-8-16)31-25(32)24-23(20(14-29-24)18-5-3-2-4-6-18)30-26(31)33-15-17-9-12-21(27)22(28)13-17/h2-14,29H,15H2,1H3. The Morgan fingerprint density at radius 3 is 2.45 bits per heavy atom. The number of fused-ring (bicyclic) bond motifs is 1. The van der Waals surface area contributed by atoms with Gasteiger partial charge in [0.1, 0.15) is 11.0 Å². The summed E-state index contributed by atoms with van der Waals surface area (Å²) < 4.78 is 28.6. The Hall–Kier alpha value is -3.71. The molecule has 0 aliphatic rings. The summed E-state index contributed by atoms with van der Waals surface area (Å²) in [4.78, 5) is 21.5. The van der Waals surface area contributed by atoms with Crippen molar-refractivity contribution in [3.05, 3.63) is 112 Å². The average molecular weight is 460 g/mol. The van der Waals surface area contributed by atoms with Crippen LogP contribution in [0.5, 0.6) is 0 Å². The molecule has 0 bridgehead atoms. The minimum absolute atomic E-state index is 0.223. The predicted octanol–water partition coefficient (Wildman–Crippen LogP) is 6.26. The van der Waals surface area contributed by atoms with Crippen molar-refractivity contribution in [2.45, 2.75) is 17.8 Å². The monoisotopic (exact) mass is 459 g/mol. The summed E-state index contributed by atoms with van der Waals surface area (Å²) in [5.74, 6) is -1.46. The van der Waals surface area contributed by atoms with Gasteiger partial charge in [-0.25, -0.2) is 13.8 Å². The van der Waals surface area contributed by atoms with Crippen LogP contribution in [0.3, 0.4) is 0 Å². The number of nitrogens with zero attached hydrogens (tertiary/aromatic N) is 2. The predicted molar refractivity (Wildman–Crippen MR) is 128 cm³/mol. The van der Waals surface area contributed by atoms with Gasteiger partial charge in [0.2, 0.25) is 0 Å². The van der Waals surface area contributed by atoms with Gasteiger partial charge in [0.15, 0.2) is 16.8 Å². The lowest BCUT2D eigenvalue weighted by molar-refractivity contribution is 0.507. The zero-order valence-corrected chi connectivity index (χ0v) is 18.5. The van der Waals surface area contributed by atoms with Crippen LogP contribution in [0.1, 0.15) is 11.1 Å². The topological polar surface area (TPSA) is 50.7 Å². The molecular weight excluding hydrogens is 440 g/mol. The highest BCUT2D eigenvalue weighted by atomic mass is 32.2. The molecule has 0 aliphatic heterocycles. The van der Waals surface area contributed by atoms with Crippen molar-refractivity contribution >= 4 is 22.8 Å². The van der Waals surface area contributed by atoms with E-state index >= 15 is 0 Å². The Morgan fingerprint density at radius 1 is 0.970 bits per heavy atom. The second-order valence-electron chi connectivity index (χ2n) is 7.70. The van der Waals surface area contributed by atoms with Crippen molar-refractivity contribution in [3.63, 3.8) is 0 Å². The van der Waals surface area contributed by atoms with Crippen molar-refractivity contribution in [3.8, 4) is 16.8 Å². The molecule has 5 rings (SSSR count). The van der Waals surface area contributed by atoms with Crippen molar-refractivity contribution in [2.24, 2.45) is 0 Å². The summed E-state index contributed by atoms with van der Waals surface area (Å²) in [6.45, 7) is 1.98. The molecule has 0 saturated heterocycles. The minimum atomic E-state index is -0.899. The van der Waals surface area contributed by atoms with E-state index in [1.807, 2.05) is 61.5 Å². The van der Waals surface area contributed by atoms with E-state index in [-0.39, 0.29) is 5.56 Å². The highest BCUT2D eigenvalue weighted by Crippen LogP contribution is 2.30. The van der Waals surface area contributed by atoms with Crippen LogP contribution in [-0.2, 0) is 5.75 Å². The molecule has 0 unspecified atom stereocenters. The zero-order chi connectivity index (χ0) is 22.9. The first kappa shape index (κ1) is 21.2. The number of halogens is 2. The van der Waals surface area contributed by atoms with Crippen LogP contribution in [0.4, 0.5) is 8.78 Å². The Balaban J connectivity index is 1.66. The number of thioether (sulfide) groups is 1. The lowest BCUT2D eigenvalue weighted by Crippen LogP contribution is -2.21. The van der Waals surface area contributed by atoms with Crippen LogP contribution in [0, 0.1) is 18.6 Å². The lowest BCUT2D eigenvalue weighted by Gasteiger charge is -2.13. The van der Waals surface area contributed by atoms with E-state index in [2.05, 4.69) is 4.98 Å². The molecule has 0 spiro atoms. The molecular formula is C26H19F2N3OS. The maximum atomic E-state index is 13.7. The van der Waals surface area contributed by atoms with Crippen molar-refractivity contribution < 1.29 is 8.78 Å². The van der Waals surface area contributed by atoms with Crippen molar-refractivity contribution in [2.75, 3.05) is 0 Å². The Labute approximate surface area is 192 Å². The fourth-order valence-corrected chi connectivity index (χ4v) is 4.62. The zero-order valence-electron chi connectivity index (χ0n) is 17.7. The molecule has 7 heteroatoms.